The van der Waals surface area contributed by atoms with E-state index in [4.69, 9.17) is 0 Å². The second-order valence-corrected chi connectivity index (χ2v) is 6.00. The zero-order chi connectivity index (χ0) is 11.8. The molecule has 0 saturated carbocycles. The molecule has 1 unspecified atom stereocenters. The van der Waals surface area contributed by atoms with Crippen LogP contribution in [0.2, 0.25) is 0 Å². The molecule has 0 amide bonds. The molecule has 1 aromatic rings. The third-order valence-electron chi connectivity index (χ3n) is 2.77. The monoisotopic (exact) mass is 303 g/mol. The minimum atomic E-state index is 0.645. The van der Waals surface area contributed by atoms with Gasteiger partial charge in [-0.15, -0.1) is 11.3 Å². The average Bonchev–Trinajstić information content (AvgIpc) is 2.65. The summed E-state index contributed by atoms with van der Waals surface area (Å²) in [6.07, 6.45) is 6.47. The minimum absolute atomic E-state index is 0.645. The number of halogens is 1. The summed E-state index contributed by atoms with van der Waals surface area (Å²) in [7, 11) is 0. The van der Waals surface area contributed by atoms with Gasteiger partial charge >= 0.3 is 0 Å². The molecule has 0 aliphatic heterocycles. The summed E-state index contributed by atoms with van der Waals surface area (Å²) in [5, 5.41) is 5.75. The van der Waals surface area contributed by atoms with Crippen molar-refractivity contribution in [3.8, 4) is 0 Å². The summed E-state index contributed by atoms with van der Waals surface area (Å²) < 4.78 is 1.27. The molecule has 16 heavy (non-hydrogen) atoms. The molecule has 3 heteroatoms. The normalized spacial score (nSPS) is 12.9. The highest BCUT2D eigenvalue weighted by molar-refractivity contribution is 9.10. The Morgan fingerprint density at radius 2 is 2.19 bits per heavy atom. The van der Waals surface area contributed by atoms with Crippen molar-refractivity contribution in [2.45, 2.75) is 52.0 Å². The first kappa shape index (κ1) is 14.2. The van der Waals surface area contributed by atoms with Crippen LogP contribution in [0.25, 0.3) is 0 Å². The lowest BCUT2D eigenvalue weighted by Crippen LogP contribution is -2.30. The van der Waals surface area contributed by atoms with Crippen LogP contribution in [0, 0.1) is 0 Å². The van der Waals surface area contributed by atoms with Gasteiger partial charge in [0.15, 0.2) is 0 Å². The molecule has 0 fully saturated rings. The number of thiophene rings is 1. The molecule has 1 N–H and O–H groups in total. The van der Waals surface area contributed by atoms with Crippen molar-refractivity contribution in [2.24, 2.45) is 0 Å². The molecule has 0 aromatic carbocycles. The van der Waals surface area contributed by atoms with E-state index in [2.05, 4.69) is 46.5 Å². The van der Waals surface area contributed by atoms with Crippen molar-refractivity contribution >= 4 is 27.3 Å². The van der Waals surface area contributed by atoms with Crippen molar-refractivity contribution in [3.05, 3.63) is 20.8 Å². The van der Waals surface area contributed by atoms with E-state index in [9.17, 15) is 0 Å². The predicted octanol–water partition coefficient (Wildman–Crippen LogP) is 4.61. The van der Waals surface area contributed by atoms with Gasteiger partial charge in [-0.3, -0.25) is 0 Å². The average molecular weight is 304 g/mol. The smallest absolute Gasteiger partial charge is 0.0314 e. The Morgan fingerprint density at radius 3 is 2.75 bits per heavy atom. The van der Waals surface area contributed by atoms with Gasteiger partial charge in [0, 0.05) is 15.4 Å². The van der Waals surface area contributed by atoms with E-state index >= 15 is 0 Å². The third kappa shape index (κ3) is 4.98. The summed E-state index contributed by atoms with van der Waals surface area (Å²) in [4.78, 5) is 1.47. The Bertz CT molecular complexity index is 285. The summed E-state index contributed by atoms with van der Waals surface area (Å²) >= 11 is 5.47. The molecular weight excluding hydrogens is 282 g/mol. The zero-order valence-electron chi connectivity index (χ0n) is 10.3. The number of unbranched alkanes of at least 4 members (excludes halogenated alkanes) is 2. The Kier molecular flexibility index (Phi) is 7.33. The number of hydrogen-bond acceptors (Lipinski definition) is 2. The molecule has 1 aromatic heterocycles. The van der Waals surface area contributed by atoms with Gasteiger partial charge in [0.25, 0.3) is 0 Å². The highest BCUT2D eigenvalue weighted by Gasteiger charge is 2.11. The standard InChI is InChI=1S/C13H22BrNS/c1-3-5-6-7-11(15-4-2)10-13-12(14)8-9-16-13/h8-9,11,15H,3-7,10H2,1-2H3. The molecule has 0 aliphatic carbocycles. The van der Waals surface area contributed by atoms with E-state index in [0.29, 0.717) is 6.04 Å². The van der Waals surface area contributed by atoms with Crippen LogP contribution in [0.1, 0.15) is 44.4 Å². The SMILES string of the molecule is CCCCCC(Cc1sccc1Br)NCC. The lowest BCUT2D eigenvalue weighted by Gasteiger charge is -2.17. The molecule has 1 atom stereocenters. The fourth-order valence-corrected chi connectivity index (χ4v) is 3.50. The van der Waals surface area contributed by atoms with Crippen molar-refractivity contribution < 1.29 is 0 Å². The number of hydrogen-bond donors (Lipinski definition) is 1. The highest BCUT2D eigenvalue weighted by Crippen LogP contribution is 2.24. The van der Waals surface area contributed by atoms with Crippen LogP contribution < -0.4 is 5.32 Å². The van der Waals surface area contributed by atoms with Gasteiger partial charge in [-0.1, -0.05) is 33.1 Å². The van der Waals surface area contributed by atoms with Gasteiger partial charge in [-0.05, 0) is 46.8 Å². The molecule has 92 valence electrons. The first-order valence-electron chi connectivity index (χ1n) is 6.23. The van der Waals surface area contributed by atoms with Crippen molar-refractivity contribution in [3.63, 3.8) is 0 Å². The van der Waals surface area contributed by atoms with Crippen LogP contribution in [0.3, 0.4) is 0 Å². The van der Waals surface area contributed by atoms with Crippen molar-refractivity contribution in [1.82, 2.24) is 5.32 Å². The molecule has 0 radical (unpaired) electrons. The minimum Gasteiger partial charge on any atom is -0.314 e. The van der Waals surface area contributed by atoms with Crippen LogP contribution in [0.4, 0.5) is 0 Å². The van der Waals surface area contributed by atoms with Gasteiger partial charge in [0.1, 0.15) is 0 Å². The van der Waals surface area contributed by atoms with E-state index in [-0.39, 0.29) is 0 Å². The van der Waals surface area contributed by atoms with E-state index in [1.807, 2.05) is 11.3 Å². The third-order valence-corrected chi connectivity index (χ3v) is 4.72. The second kappa shape index (κ2) is 8.26. The van der Waals surface area contributed by atoms with Crippen LogP contribution in [0.15, 0.2) is 15.9 Å². The second-order valence-electron chi connectivity index (χ2n) is 4.15. The van der Waals surface area contributed by atoms with Gasteiger partial charge in [-0.2, -0.15) is 0 Å². The maximum absolute atomic E-state index is 3.61. The van der Waals surface area contributed by atoms with Crippen LogP contribution in [-0.4, -0.2) is 12.6 Å². The van der Waals surface area contributed by atoms with Gasteiger partial charge < -0.3 is 5.32 Å². The molecule has 0 aliphatic rings. The lowest BCUT2D eigenvalue weighted by molar-refractivity contribution is 0.469. The predicted molar refractivity (Wildman–Crippen MR) is 77.3 cm³/mol. The lowest BCUT2D eigenvalue weighted by atomic mass is 10.0. The Hall–Kier alpha value is 0.140. The van der Waals surface area contributed by atoms with E-state index < -0.39 is 0 Å². The maximum Gasteiger partial charge on any atom is 0.0314 e. The Morgan fingerprint density at radius 1 is 1.38 bits per heavy atom. The summed E-state index contributed by atoms with van der Waals surface area (Å²) in [6, 6.07) is 2.79. The number of rotatable bonds is 8. The quantitative estimate of drug-likeness (QED) is 0.691. The molecule has 0 spiro atoms. The molecular formula is C13H22BrNS. The Balaban J connectivity index is 2.41. The first-order valence-corrected chi connectivity index (χ1v) is 7.90. The summed E-state index contributed by atoms with van der Waals surface area (Å²) in [5.41, 5.74) is 0. The number of nitrogens with one attached hydrogen (secondary N) is 1. The largest absolute Gasteiger partial charge is 0.314 e. The van der Waals surface area contributed by atoms with Gasteiger partial charge in [-0.25, -0.2) is 0 Å². The van der Waals surface area contributed by atoms with Crippen LogP contribution in [0.5, 0.6) is 0 Å². The first-order chi connectivity index (χ1) is 7.77. The molecule has 1 heterocycles. The molecule has 1 rings (SSSR count). The van der Waals surface area contributed by atoms with Gasteiger partial charge in [0.05, 0.1) is 0 Å². The van der Waals surface area contributed by atoms with E-state index in [1.165, 1.54) is 35.0 Å². The zero-order valence-corrected chi connectivity index (χ0v) is 12.7. The maximum atomic E-state index is 3.61. The van der Waals surface area contributed by atoms with Crippen molar-refractivity contribution in [2.75, 3.05) is 6.54 Å². The topological polar surface area (TPSA) is 12.0 Å². The fraction of sp³-hybridized carbons (Fsp3) is 0.692. The highest BCUT2D eigenvalue weighted by atomic mass is 79.9. The summed E-state index contributed by atoms with van der Waals surface area (Å²) in [6.45, 7) is 5.52. The molecule has 1 nitrogen and oxygen atoms in total. The van der Waals surface area contributed by atoms with E-state index in [1.54, 1.807) is 0 Å². The molecule has 0 bridgehead atoms. The van der Waals surface area contributed by atoms with Crippen LogP contribution in [-0.2, 0) is 6.42 Å². The van der Waals surface area contributed by atoms with Gasteiger partial charge in [0.2, 0.25) is 0 Å². The van der Waals surface area contributed by atoms with Crippen LogP contribution >= 0.6 is 27.3 Å². The van der Waals surface area contributed by atoms with Crippen molar-refractivity contribution in [1.29, 1.82) is 0 Å². The summed E-state index contributed by atoms with van der Waals surface area (Å²) in [5.74, 6) is 0. The molecule has 0 saturated heterocycles. The fourth-order valence-electron chi connectivity index (χ4n) is 1.90. The van der Waals surface area contributed by atoms with E-state index in [0.717, 1.165) is 13.0 Å². The Labute approximate surface area is 112 Å². The number of likely N-dealkylation sites (N-methyl/N-ethyl adjacent to an activating group) is 1.